The fraction of sp³-hybridized carbons (Fsp3) is 0.261. The second-order valence-electron chi connectivity index (χ2n) is 7.09. The molecule has 0 aliphatic carbocycles. The topological polar surface area (TPSA) is 96.8 Å². The van der Waals surface area contributed by atoms with Crippen molar-refractivity contribution in [3.8, 4) is 17.2 Å². The van der Waals surface area contributed by atoms with Gasteiger partial charge < -0.3 is 23.2 Å². The number of nitrogens with zero attached hydrogens (tertiary/aromatic N) is 2. The molecule has 0 amide bonds. The molecule has 0 unspecified atom stereocenters. The number of carbonyl (C=O) groups is 1. The molecule has 0 saturated carbocycles. The lowest BCUT2D eigenvalue weighted by Crippen LogP contribution is -2.09. The summed E-state index contributed by atoms with van der Waals surface area (Å²) in [5, 5.41) is 4.69. The number of ether oxygens (including phenoxy) is 3. The van der Waals surface area contributed by atoms with E-state index in [9.17, 15) is 4.79 Å². The van der Waals surface area contributed by atoms with Crippen molar-refractivity contribution < 1.29 is 27.9 Å². The first-order valence-corrected chi connectivity index (χ1v) is 9.81. The molecule has 4 aromatic rings. The summed E-state index contributed by atoms with van der Waals surface area (Å²) < 4.78 is 27.2. The number of rotatable bonds is 8. The molecule has 0 aliphatic rings. The molecule has 2 aromatic heterocycles. The zero-order valence-electron chi connectivity index (χ0n) is 17.5. The molecule has 0 saturated heterocycles. The molecule has 0 radical (unpaired) electrons. The van der Waals surface area contributed by atoms with Crippen molar-refractivity contribution in [2.24, 2.45) is 0 Å². The third-order valence-corrected chi connectivity index (χ3v) is 4.58. The van der Waals surface area contributed by atoms with Crippen LogP contribution < -0.4 is 4.74 Å². The number of hydrogen-bond donors (Lipinski definition) is 0. The molecule has 160 valence electrons. The summed E-state index contributed by atoms with van der Waals surface area (Å²) in [5.41, 5.74) is 1.98. The van der Waals surface area contributed by atoms with Gasteiger partial charge in [-0.1, -0.05) is 23.4 Å². The lowest BCUT2D eigenvalue weighted by atomic mass is 10.1. The van der Waals surface area contributed by atoms with Crippen LogP contribution >= 0.6 is 0 Å². The van der Waals surface area contributed by atoms with Crippen LogP contribution in [0.25, 0.3) is 22.4 Å². The van der Waals surface area contributed by atoms with E-state index in [-0.39, 0.29) is 30.9 Å². The standard InChI is InChI=1S/C23H22N2O6/c1-14(2)28-12-18-17-6-4-5-7-19(17)30-21(18)23(26)29-13-20-24-22(31-25-20)15-8-10-16(27-3)11-9-15/h4-11,14H,12-13H2,1-3H3. The number of hydrogen-bond acceptors (Lipinski definition) is 8. The van der Waals surface area contributed by atoms with Gasteiger partial charge in [-0.2, -0.15) is 4.98 Å². The van der Waals surface area contributed by atoms with Crippen molar-refractivity contribution in [2.75, 3.05) is 7.11 Å². The average Bonchev–Trinajstić information content (AvgIpc) is 3.41. The SMILES string of the molecule is COc1ccc(-c2nc(COC(=O)c3oc4ccccc4c3COC(C)C)no2)cc1. The number of para-hydroxylation sites is 1. The number of fused-ring (bicyclic) bond motifs is 1. The van der Waals surface area contributed by atoms with Gasteiger partial charge in [0.1, 0.15) is 11.3 Å². The van der Waals surface area contributed by atoms with Crippen LogP contribution in [0.15, 0.2) is 57.5 Å². The molecule has 8 heteroatoms. The fourth-order valence-corrected chi connectivity index (χ4v) is 3.02. The van der Waals surface area contributed by atoms with Crippen LogP contribution in [0.3, 0.4) is 0 Å². The van der Waals surface area contributed by atoms with Gasteiger partial charge in [0.25, 0.3) is 5.89 Å². The largest absolute Gasteiger partial charge is 0.497 e. The van der Waals surface area contributed by atoms with E-state index in [1.807, 2.05) is 32.0 Å². The predicted octanol–water partition coefficient (Wildman–Crippen LogP) is 4.77. The maximum absolute atomic E-state index is 12.7. The van der Waals surface area contributed by atoms with Gasteiger partial charge in [0.15, 0.2) is 6.61 Å². The lowest BCUT2D eigenvalue weighted by Gasteiger charge is -2.07. The average molecular weight is 422 g/mol. The summed E-state index contributed by atoms with van der Waals surface area (Å²) in [6.07, 6.45) is 0.00763. The Morgan fingerprint density at radius 3 is 2.58 bits per heavy atom. The fourth-order valence-electron chi connectivity index (χ4n) is 3.02. The van der Waals surface area contributed by atoms with Crippen LogP contribution in [0.5, 0.6) is 5.75 Å². The summed E-state index contributed by atoms with van der Waals surface area (Å²) in [6, 6.07) is 14.6. The highest BCUT2D eigenvalue weighted by Crippen LogP contribution is 2.28. The second-order valence-corrected chi connectivity index (χ2v) is 7.09. The first kappa shape index (κ1) is 20.6. The van der Waals surface area contributed by atoms with Gasteiger partial charge in [0.05, 0.1) is 19.8 Å². The Morgan fingerprint density at radius 2 is 1.84 bits per heavy atom. The quantitative estimate of drug-likeness (QED) is 0.375. The maximum Gasteiger partial charge on any atom is 0.375 e. The number of benzene rings is 2. The van der Waals surface area contributed by atoms with Gasteiger partial charge in [-0.05, 0) is 44.2 Å². The van der Waals surface area contributed by atoms with Gasteiger partial charge in [0.2, 0.25) is 11.6 Å². The van der Waals surface area contributed by atoms with Crippen molar-refractivity contribution in [3.63, 3.8) is 0 Å². The van der Waals surface area contributed by atoms with Crippen LogP contribution in [-0.4, -0.2) is 29.3 Å². The van der Waals surface area contributed by atoms with Gasteiger partial charge in [-0.3, -0.25) is 0 Å². The molecule has 0 N–H and O–H groups in total. The number of aromatic nitrogens is 2. The zero-order valence-corrected chi connectivity index (χ0v) is 17.5. The van der Waals surface area contributed by atoms with E-state index < -0.39 is 5.97 Å². The minimum atomic E-state index is -0.616. The maximum atomic E-state index is 12.7. The monoisotopic (exact) mass is 422 g/mol. The normalized spacial score (nSPS) is 11.2. The smallest absolute Gasteiger partial charge is 0.375 e. The summed E-state index contributed by atoms with van der Waals surface area (Å²) in [6.45, 7) is 3.94. The Labute approximate surface area is 178 Å². The molecule has 0 atom stereocenters. The molecule has 2 heterocycles. The number of carbonyl (C=O) groups excluding carboxylic acids is 1. The van der Waals surface area contributed by atoms with Crippen LogP contribution in [-0.2, 0) is 22.7 Å². The molecule has 0 aliphatic heterocycles. The molecular weight excluding hydrogens is 400 g/mol. The van der Waals surface area contributed by atoms with E-state index >= 15 is 0 Å². The zero-order chi connectivity index (χ0) is 21.8. The number of esters is 1. The Hall–Kier alpha value is -3.65. The molecule has 0 bridgehead atoms. The highest BCUT2D eigenvalue weighted by molar-refractivity contribution is 5.96. The Morgan fingerprint density at radius 1 is 1.06 bits per heavy atom. The van der Waals surface area contributed by atoms with Crippen LogP contribution in [0.4, 0.5) is 0 Å². The van der Waals surface area contributed by atoms with E-state index in [0.29, 0.717) is 17.0 Å². The van der Waals surface area contributed by atoms with Crippen molar-refractivity contribution in [2.45, 2.75) is 33.2 Å². The van der Waals surface area contributed by atoms with E-state index in [1.165, 1.54) is 0 Å². The van der Waals surface area contributed by atoms with E-state index in [4.69, 9.17) is 23.2 Å². The third kappa shape index (κ3) is 4.59. The summed E-state index contributed by atoms with van der Waals surface area (Å²) >= 11 is 0. The van der Waals surface area contributed by atoms with Gasteiger partial charge in [0, 0.05) is 16.5 Å². The molecule has 0 spiro atoms. The lowest BCUT2D eigenvalue weighted by molar-refractivity contribution is 0.0400. The van der Waals surface area contributed by atoms with E-state index in [2.05, 4.69) is 10.1 Å². The molecule has 2 aromatic carbocycles. The number of furan rings is 1. The van der Waals surface area contributed by atoms with Gasteiger partial charge in [-0.25, -0.2) is 4.79 Å². The minimum absolute atomic E-state index is 0.00763. The third-order valence-electron chi connectivity index (χ3n) is 4.58. The number of methoxy groups -OCH3 is 1. The molecule has 4 rings (SSSR count). The minimum Gasteiger partial charge on any atom is -0.497 e. The highest BCUT2D eigenvalue weighted by atomic mass is 16.6. The second kappa shape index (κ2) is 9.01. The van der Waals surface area contributed by atoms with Gasteiger partial charge >= 0.3 is 5.97 Å². The van der Waals surface area contributed by atoms with Crippen molar-refractivity contribution in [1.82, 2.24) is 10.1 Å². The van der Waals surface area contributed by atoms with E-state index in [1.54, 1.807) is 37.4 Å². The van der Waals surface area contributed by atoms with Crippen LogP contribution in [0, 0.1) is 0 Å². The Bertz CT molecular complexity index is 1180. The van der Waals surface area contributed by atoms with Crippen molar-refractivity contribution in [1.29, 1.82) is 0 Å². The highest BCUT2D eigenvalue weighted by Gasteiger charge is 2.23. The Balaban J connectivity index is 1.48. The van der Waals surface area contributed by atoms with Crippen LogP contribution in [0.2, 0.25) is 0 Å². The summed E-state index contributed by atoms with van der Waals surface area (Å²) in [4.78, 5) is 17.0. The summed E-state index contributed by atoms with van der Waals surface area (Å²) in [5.74, 6) is 0.786. The first-order valence-electron chi connectivity index (χ1n) is 9.81. The molecule has 31 heavy (non-hydrogen) atoms. The first-order chi connectivity index (χ1) is 15.0. The molecular formula is C23H22N2O6. The van der Waals surface area contributed by atoms with Crippen molar-refractivity contribution >= 4 is 16.9 Å². The van der Waals surface area contributed by atoms with Crippen LogP contribution in [0.1, 0.15) is 35.8 Å². The molecule has 8 nitrogen and oxygen atoms in total. The Kier molecular flexibility index (Phi) is 5.99. The predicted molar refractivity (Wildman–Crippen MR) is 112 cm³/mol. The van der Waals surface area contributed by atoms with Crippen molar-refractivity contribution in [3.05, 3.63) is 65.7 Å². The van der Waals surface area contributed by atoms with E-state index in [0.717, 1.165) is 16.7 Å². The summed E-state index contributed by atoms with van der Waals surface area (Å²) in [7, 11) is 1.59. The molecule has 0 fully saturated rings. The van der Waals surface area contributed by atoms with Gasteiger partial charge in [-0.15, -0.1) is 0 Å².